The second-order valence-corrected chi connectivity index (χ2v) is 8.28. The van der Waals surface area contributed by atoms with E-state index in [1.165, 1.54) is 6.42 Å². The van der Waals surface area contributed by atoms with Gasteiger partial charge in [0.2, 0.25) is 5.91 Å². The van der Waals surface area contributed by atoms with Gasteiger partial charge in [-0.3, -0.25) is 9.59 Å². The largest absolute Gasteiger partial charge is 0.385 e. The molecule has 0 saturated carbocycles. The fraction of sp³-hybridized carbons (Fsp3) is 0.667. The number of piperidine rings is 3. The summed E-state index contributed by atoms with van der Waals surface area (Å²) in [6.45, 7) is 4.00. The summed E-state index contributed by atoms with van der Waals surface area (Å²) in [5.41, 5.74) is 0.586. The molecule has 1 N–H and O–H groups in total. The van der Waals surface area contributed by atoms with Crippen LogP contribution in [0.15, 0.2) is 18.3 Å². The van der Waals surface area contributed by atoms with E-state index in [1.807, 2.05) is 12.1 Å². The van der Waals surface area contributed by atoms with E-state index in [-0.39, 0.29) is 5.91 Å². The van der Waals surface area contributed by atoms with Gasteiger partial charge in [0.25, 0.3) is 5.91 Å². The van der Waals surface area contributed by atoms with Crippen molar-refractivity contribution in [2.24, 2.45) is 11.8 Å². The van der Waals surface area contributed by atoms with E-state index < -0.39 is 0 Å². The first-order valence-corrected chi connectivity index (χ1v) is 10.4. The summed E-state index contributed by atoms with van der Waals surface area (Å²) < 4.78 is 4.99. The highest BCUT2D eigenvalue weighted by Gasteiger charge is 2.44. The predicted molar refractivity (Wildman–Crippen MR) is 106 cm³/mol. The number of carbonyl (C=O) groups excluding carboxylic acids is 2. The molecule has 152 valence electrons. The van der Waals surface area contributed by atoms with Crippen molar-refractivity contribution in [3.05, 3.63) is 23.9 Å². The van der Waals surface area contributed by atoms with Gasteiger partial charge in [0.05, 0.1) is 5.56 Å². The molecule has 1 aromatic rings. The molecule has 0 spiro atoms. The maximum absolute atomic E-state index is 12.3. The molecule has 7 nitrogen and oxygen atoms in total. The number of carbonyl (C=O) groups is 2. The summed E-state index contributed by atoms with van der Waals surface area (Å²) in [6, 6.07) is 4.21. The number of nitrogens with zero attached hydrogens (tertiary/aromatic N) is 3. The first kappa shape index (κ1) is 19.2. The van der Waals surface area contributed by atoms with Gasteiger partial charge in [-0.25, -0.2) is 4.98 Å². The zero-order chi connectivity index (χ0) is 19.5. The molecule has 0 aliphatic carbocycles. The molecule has 28 heavy (non-hydrogen) atoms. The van der Waals surface area contributed by atoms with E-state index >= 15 is 0 Å². The summed E-state index contributed by atoms with van der Waals surface area (Å²) in [5.74, 6) is 2.23. The standard InChI is InChI=1S/C21H30N4O3/c1-28-9-3-8-22-21(27)16-6-7-19(23-11-16)24-12-15-10-17(14-24)18-4-2-5-20(26)25(18)13-15/h6-7,11,15,17-18H,2-5,8-10,12-14H2,1H3,(H,22,27)/t15-,17-,18-/m1/s1. The predicted octanol–water partition coefficient (Wildman–Crippen LogP) is 1.69. The summed E-state index contributed by atoms with van der Waals surface area (Å²) in [4.78, 5) is 33.6. The first-order valence-electron chi connectivity index (χ1n) is 10.4. The quantitative estimate of drug-likeness (QED) is 0.753. The molecule has 1 aromatic heterocycles. The number of hydrogen-bond donors (Lipinski definition) is 1. The van der Waals surface area contributed by atoms with Crippen molar-refractivity contribution in [2.45, 2.75) is 38.1 Å². The number of aromatic nitrogens is 1. The van der Waals surface area contributed by atoms with E-state index in [1.54, 1.807) is 13.3 Å². The summed E-state index contributed by atoms with van der Waals surface area (Å²) in [6.07, 6.45) is 6.55. The van der Waals surface area contributed by atoms with Gasteiger partial charge < -0.3 is 19.9 Å². The lowest BCUT2D eigenvalue weighted by Gasteiger charge is -2.52. The van der Waals surface area contributed by atoms with Crippen LogP contribution in [0.5, 0.6) is 0 Å². The number of ether oxygens (including phenoxy) is 1. The van der Waals surface area contributed by atoms with Crippen LogP contribution in [0, 0.1) is 11.8 Å². The smallest absolute Gasteiger partial charge is 0.252 e. The summed E-state index contributed by atoms with van der Waals surface area (Å²) in [7, 11) is 1.66. The van der Waals surface area contributed by atoms with E-state index in [4.69, 9.17) is 4.74 Å². The highest BCUT2D eigenvalue weighted by atomic mass is 16.5. The van der Waals surface area contributed by atoms with Gasteiger partial charge in [0.15, 0.2) is 0 Å². The minimum absolute atomic E-state index is 0.0953. The number of amides is 2. The molecule has 0 unspecified atom stereocenters. The molecule has 3 saturated heterocycles. The molecule has 3 atom stereocenters. The molecule has 3 fully saturated rings. The Bertz CT molecular complexity index is 708. The minimum atomic E-state index is -0.0953. The van der Waals surface area contributed by atoms with Crippen molar-refractivity contribution >= 4 is 17.6 Å². The van der Waals surface area contributed by atoms with Crippen molar-refractivity contribution in [2.75, 3.05) is 44.8 Å². The van der Waals surface area contributed by atoms with Crippen LogP contribution in [0.3, 0.4) is 0 Å². The van der Waals surface area contributed by atoms with E-state index in [0.717, 1.165) is 51.1 Å². The fourth-order valence-corrected chi connectivity index (χ4v) is 5.02. The van der Waals surface area contributed by atoms with Gasteiger partial charge in [0.1, 0.15) is 5.82 Å². The second kappa shape index (κ2) is 8.47. The number of fused-ring (bicyclic) bond motifs is 4. The Morgan fingerprint density at radius 1 is 1.32 bits per heavy atom. The van der Waals surface area contributed by atoms with Crippen LogP contribution < -0.4 is 10.2 Å². The summed E-state index contributed by atoms with van der Waals surface area (Å²) in [5, 5.41) is 2.89. The maximum atomic E-state index is 12.3. The molecule has 4 rings (SSSR count). The number of hydrogen-bond acceptors (Lipinski definition) is 5. The Labute approximate surface area is 166 Å². The van der Waals surface area contributed by atoms with Gasteiger partial charge in [-0.15, -0.1) is 0 Å². The Morgan fingerprint density at radius 2 is 2.21 bits per heavy atom. The maximum Gasteiger partial charge on any atom is 0.252 e. The number of nitrogens with one attached hydrogen (secondary N) is 1. The van der Waals surface area contributed by atoms with Gasteiger partial charge in [-0.05, 0) is 49.7 Å². The third-order valence-corrected chi connectivity index (χ3v) is 6.32. The number of methoxy groups -OCH3 is 1. The van der Waals surface area contributed by atoms with Crippen molar-refractivity contribution < 1.29 is 14.3 Å². The zero-order valence-corrected chi connectivity index (χ0v) is 16.6. The molecule has 0 aromatic carbocycles. The van der Waals surface area contributed by atoms with E-state index in [2.05, 4.69) is 20.1 Å². The molecule has 3 aliphatic rings. The minimum Gasteiger partial charge on any atom is -0.385 e. The van der Waals surface area contributed by atoms with Crippen LogP contribution in [0.4, 0.5) is 5.82 Å². The monoisotopic (exact) mass is 386 g/mol. The average Bonchev–Trinajstić information content (AvgIpc) is 2.72. The van der Waals surface area contributed by atoms with Crippen LogP contribution in [0.1, 0.15) is 42.5 Å². The van der Waals surface area contributed by atoms with Gasteiger partial charge in [-0.1, -0.05) is 0 Å². The van der Waals surface area contributed by atoms with Crippen LogP contribution >= 0.6 is 0 Å². The molecule has 2 amide bonds. The molecular weight excluding hydrogens is 356 g/mol. The molecule has 3 aliphatic heterocycles. The lowest BCUT2D eigenvalue weighted by molar-refractivity contribution is -0.142. The highest BCUT2D eigenvalue weighted by Crippen LogP contribution is 2.38. The van der Waals surface area contributed by atoms with Crippen LogP contribution in [0.25, 0.3) is 0 Å². The van der Waals surface area contributed by atoms with Gasteiger partial charge in [0, 0.05) is 58.6 Å². The average molecular weight is 386 g/mol. The molecule has 2 bridgehead atoms. The third-order valence-electron chi connectivity index (χ3n) is 6.32. The van der Waals surface area contributed by atoms with Gasteiger partial charge >= 0.3 is 0 Å². The number of pyridine rings is 1. The van der Waals surface area contributed by atoms with Crippen LogP contribution in [-0.4, -0.2) is 67.6 Å². The second-order valence-electron chi connectivity index (χ2n) is 8.28. The Balaban J connectivity index is 1.37. The third kappa shape index (κ3) is 3.99. The van der Waals surface area contributed by atoms with Crippen LogP contribution in [0.2, 0.25) is 0 Å². The number of rotatable bonds is 6. The lowest BCUT2D eigenvalue weighted by Crippen LogP contribution is -2.60. The normalized spacial score (nSPS) is 26.8. The molecule has 7 heteroatoms. The zero-order valence-electron chi connectivity index (χ0n) is 16.6. The molecule has 4 heterocycles. The van der Waals surface area contributed by atoms with E-state index in [0.29, 0.717) is 42.5 Å². The SMILES string of the molecule is COCCCNC(=O)c1ccc(N2C[C@H]3C[C@H](C2)[C@H]2CCCC(=O)N2C3)nc1. The topological polar surface area (TPSA) is 74.8 Å². The lowest BCUT2D eigenvalue weighted by atomic mass is 9.76. The van der Waals surface area contributed by atoms with Gasteiger partial charge in [-0.2, -0.15) is 0 Å². The number of anilines is 1. The van der Waals surface area contributed by atoms with Crippen LogP contribution in [-0.2, 0) is 9.53 Å². The van der Waals surface area contributed by atoms with Crippen molar-refractivity contribution in [3.63, 3.8) is 0 Å². The first-order chi connectivity index (χ1) is 13.7. The van der Waals surface area contributed by atoms with Crippen molar-refractivity contribution in [3.8, 4) is 0 Å². The Hall–Kier alpha value is -2.15. The Morgan fingerprint density at radius 3 is 3.00 bits per heavy atom. The summed E-state index contributed by atoms with van der Waals surface area (Å²) >= 11 is 0. The van der Waals surface area contributed by atoms with Crippen molar-refractivity contribution in [1.29, 1.82) is 0 Å². The molecular formula is C21H30N4O3. The van der Waals surface area contributed by atoms with Crippen molar-refractivity contribution in [1.82, 2.24) is 15.2 Å². The Kier molecular flexibility index (Phi) is 5.80. The molecule has 0 radical (unpaired) electrons. The van der Waals surface area contributed by atoms with E-state index in [9.17, 15) is 9.59 Å². The fourth-order valence-electron chi connectivity index (χ4n) is 5.02. The highest BCUT2D eigenvalue weighted by molar-refractivity contribution is 5.94.